The minimum atomic E-state index is -3.16. The lowest BCUT2D eigenvalue weighted by molar-refractivity contribution is 0.0768. The van der Waals surface area contributed by atoms with Crippen molar-refractivity contribution in [2.24, 2.45) is 0 Å². The van der Waals surface area contributed by atoms with Crippen molar-refractivity contribution < 1.29 is 13.2 Å². The molecule has 0 saturated carbocycles. The van der Waals surface area contributed by atoms with Crippen molar-refractivity contribution in [2.75, 3.05) is 32.4 Å². The number of rotatable bonds is 2. The monoisotopic (exact) mass is 302 g/mol. The summed E-state index contributed by atoms with van der Waals surface area (Å²) in [6, 6.07) is 1.93. The van der Waals surface area contributed by atoms with E-state index in [0.29, 0.717) is 32.6 Å². The molecule has 7 heteroatoms. The first kappa shape index (κ1) is 14.5. The summed E-state index contributed by atoms with van der Waals surface area (Å²) in [6.45, 7) is 3.87. The average molecular weight is 302 g/mol. The molecule has 1 aromatic rings. The Morgan fingerprint density at radius 2 is 2.00 bits per heavy atom. The number of carbonyl (C=O) groups is 1. The van der Waals surface area contributed by atoms with E-state index in [4.69, 9.17) is 0 Å². The van der Waals surface area contributed by atoms with Gasteiger partial charge in [-0.1, -0.05) is 0 Å². The third-order valence-corrected chi connectivity index (χ3v) is 5.58. The Labute approximate surface area is 117 Å². The first-order chi connectivity index (χ1) is 8.89. The lowest BCUT2D eigenvalue weighted by atomic mass is 10.2. The van der Waals surface area contributed by atoms with Crippen LogP contribution in [0, 0.1) is 6.92 Å². The van der Waals surface area contributed by atoms with E-state index in [0.717, 1.165) is 10.4 Å². The third kappa shape index (κ3) is 3.34. The Hall–Kier alpha value is -0.920. The highest BCUT2D eigenvalue weighted by Crippen LogP contribution is 2.19. The molecule has 2 rings (SSSR count). The molecular formula is C12H18N2O3S2. The molecule has 1 aliphatic heterocycles. The molecule has 2 heterocycles. The number of hydrogen-bond donors (Lipinski definition) is 0. The fourth-order valence-electron chi connectivity index (χ4n) is 2.16. The molecule has 0 aromatic carbocycles. The SMILES string of the molecule is Cc1ccsc1C(=O)N1CCCN(S(C)(=O)=O)CC1. The van der Waals surface area contributed by atoms with E-state index in [1.54, 1.807) is 4.90 Å². The van der Waals surface area contributed by atoms with Crippen molar-refractivity contribution in [1.82, 2.24) is 9.21 Å². The maximum atomic E-state index is 12.4. The van der Waals surface area contributed by atoms with E-state index >= 15 is 0 Å². The molecule has 0 bridgehead atoms. The normalized spacial score (nSPS) is 18.3. The van der Waals surface area contributed by atoms with Crippen LogP contribution in [0.2, 0.25) is 0 Å². The van der Waals surface area contributed by atoms with E-state index in [9.17, 15) is 13.2 Å². The van der Waals surface area contributed by atoms with Gasteiger partial charge < -0.3 is 4.90 Å². The van der Waals surface area contributed by atoms with Crippen LogP contribution in [0.3, 0.4) is 0 Å². The predicted octanol–water partition coefficient (Wildman–Crippen LogP) is 1.16. The zero-order chi connectivity index (χ0) is 14.0. The van der Waals surface area contributed by atoms with E-state index < -0.39 is 10.0 Å². The van der Waals surface area contributed by atoms with Crippen LogP contribution in [0.15, 0.2) is 11.4 Å². The standard InChI is InChI=1S/C12H18N2O3S2/c1-10-4-9-18-11(10)12(15)13-5-3-6-14(8-7-13)19(2,16)17/h4,9H,3,5-8H2,1-2H3. The lowest BCUT2D eigenvalue weighted by Gasteiger charge is -2.20. The maximum Gasteiger partial charge on any atom is 0.264 e. The minimum absolute atomic E-state index is 0.0165. The summed E-state index contributed by atoms with van der Waals surface area (Å²) in [5.74, 6) is 0.0165. The number of carbonyl (C=O) groups excluding carboxylic acids is 1. The van der Waals surface area contributed by atoms with Crippen LogP contribution >= 0.6 is 11.3 Å². The molecule has 106 valence electrons. The van der Waals surface area contributed by atoms with Crippen molar-refractivity contribution in [3.63, 3.8) is 0 Å². The molecule has 1 amide bonds. The zero-order valence-electron chi connectivity index (χ0n) is 11.1. The number of thiophene rings is 1. The Morgan fingerprint density at radius 1 is 1.26 bits per heavy atom. The molecule has 0 N–H and O–H groups in total. The van der Waals surface area contributed by atoms with Gasteiger partial charge in [0.15, 0.2) is 0 Å². The van der Waals surface area contributed by atoms with Crippen molar-refractivity contribution in [2.45, 2.75) is 13.3 Å². The molecule has 1 aliphatic rings. The lowest BCUT2D eigenvalue weighted by Crippen LogP contribution is -2.36. The highest BCUT2D eigenvalue weighted by molar-refractivity contribution is 7.88. The van der Waals surface area contributed by atoms with E-state index in [1.165, 1.54) is 21.9 Å². The van der Waals surface area contributed by atoms with E-state index in [-0.39, 0.29) is 5.91 Å². The Bertz CT molecular complexity index is 565. The summed E-state index contributed by atoms with van der Waals surface area (Å²) in [5.41, 5.74) is 0.985. The molecule has 1 fully saturated rings. The number of aryl methyl sites for hydroxylation is 1. The van der Waals surface area contributed by atoms with Crippen LogP contribution in [0.25, 0.3) is 0 Å². The average Bonchev–Trinajstić information content (AvgIpc) is 2.62. The minimum Gasteiger partial charge on any atom is -0.337 e. The summed E-state index contributed by atoms with van der Waals surface area (Å²) < 4.78 is 24.5. The first-order valence-corrected chi connectivity index (χ1v) is 8.91. The van der Waals surface area contributed by atoms with Gasteiger partial charge in [0.05, 0.1) is 11.1 Å². The van der Waals surface area contributed by atoms with Crippen molar-refractivity contribution >= 4 is 27.3 Å². The van der Waals surface area contributed by atoms with Gasteiger partial charge in [0, 0.05) is 26.2 Å². The first-order valence-electron chi connectivity index (χ1n) is 6.18. The topological polar surface area (TPSA) is 57.7 Å². The second-order valence-electron chi connectivity index (χ2n) is 4.74. The van der Waals surface area contributed by atoms with Crippen molar-refractivity contribution in [1.29, 1.82) is 0 Å². The molecule has 0 unspecified atom stereocenters. The molecular weight excluding hydrogens is 284 g/mol. The Kier molecular flexibility index (Phi) is 4.27. The van der Waals surface area contributed by atoms with Crippen LogP contribution in [0.5, 0.6) is 0 Å². The van der Waals surface area contributed by atoms with Gasteiger partial charge >= 0.3 is 0 Å². The second kappa shape index (κ2) is 5.60. The summed E-state index contributed by atoms with van der Waals surface area (Å²) in [6.07, 6.45) is 1.90. The second-order valence-corrected chi connectivity index (χ2v) is 7.64. The van der Waals surface area contributed by atoms with Gasteiger partial charge in [-0.3, -0.25) is 4.79 Å². The fraction of sp³-hybridized carbons (Fsp3) is 0.583. The Balaban J connectivity index is 2.08. The van der Waals surface area contributed by atoms with Crippen LogP contribution in [0.4, 0.5) is 0 Å². The van der Waals surface area contributed by atoms with Gasteiger partial charge in [0.1, 0.15) is 0 Å². The molecule has 19 heavy (non-hydrogen) atoms. The third-order valence-electron chi connectivity index (χ3n) is 3.27. The highest BCUT2D eigenvalue weighted by Gasteiger charge is 2.25. The number of nitrogens with zero attached hydrogens (tertiary/aromatic N) is 2. The van der Waals surface area contributed by atoms with Gasteiger partial charge in [0.2, 0.25) is 10.0 Å². The molecule has 5 nitrogen and oxygen atoms in total. The zero-order valence-corrected chi connectivity index (χ0v) is 12.8. The Morgan fingerprint density at radius 3 is 2.58 bits per heavy atom. The fourth-order valence-corrected chi connectivity index (χ4v) is 3.93. The number of amides is 1. The molecule has 0 atom stereocenters. The van der Waals surface area contributed by atoms with Crippen LogP contribution in [-0.2, 0) is 10.0 Å². The van der Waals surface area contributed by atoms with Crippen LogP contribution < -0.4 is 0 Å². The maximum absolute atomic E-state index is 12.4. The van der Waals surface area contributed by atoms with Gasteiger partial charge in [-0.2, -0.15) is 0 Å². The van der Waals surface area contributed by atoms with Gasteiger partial charge in [-0.25, -0.2) is 12.7 Å². The smallest absolute Gasteiger partial charge is 0.264 e. The number of sulfonamides is 1. The van der Waals surface area contributed by atoms with Gasteiger partial charge in [0.25, 0.3) is 5.91 Å². The molecule has 0 spiro atoms. The van der Waals surface area contributed by atoms with E-state index in [2.05, 4.69) is 0 Å². The quantitative estimate of drug-likeness (QED) is 0.824. The van der Waals surface area contributed by atoms with E-state index in [1.807, 2.05) is 18.4 Å². The molecule has 1 aromatic heterocycles. The van der Waals surface area contributed by atoms with Gasteiger partial charge in [-0.15, -0.1) is 11.3 Å². The van der Waals surface area contributed by atoms with Crippen molar-refractivity contribution in [3.8, 4) is 0 Å². The summed E-state index contributed by atoms with van der Waals surface area (Å²) in [4.78, 5) is 14.9. The van der Waals surface area contributed by atoms with Gasteiger partial charge in [-0.05, 0) is 30.4 Å². The number of hydrogen-bond acceptors (Lipinski definition) is 4. The summed E-state index contributed by atoms with van der Waals surface area (Å²) in [7, 11) is -3.16. The summed E-state index contributed by atoms with van der Waals surface area (Å²) >= 11 is 1.44. The largest absolute Gasteiger partial charge is 0.337 e. The van der Waals surface area contributed by atoms with Crippen molar-refractivity contribution in [3.05, 3.63) is 21.9 Å². The van der Waals surface area contributed by atoms with Crippen LogP contribution in [-0.4, -0.2) is 56.0 Å². The molecule has 0 aliphatic carbocycles. The molecule has 1 saturated heterocycles. The predicted molar refractivity (Wildman–Crippen MR) is 76.0 cm³/mol. The summed E-state index contributed by atoms with van der Waals surface area (Å²) in [5, 5.41) is 1.91. The highest BCUT2D eigenvalue weighted by atomic mass is 32.2. The molecule has 0 radical (unpaired) electrons. The van der Waals surface area contributed by atoms with Crippen LogP contribution in [0.1, 0.15) is 21.7 Å².